The van der Waals surface area contributed by atoms with Crippen molar-refractivity contribution in [2.24, 2.45) is 0 Å². The highest BCUT2D eigenvalue weighted by atomic mass is 16.3. The molecule has 0 fully saturated rings. The number of hydrogen-bond donors (Lipinski definition) is 3. The van der Waals surface area contributed by atoms with E-state index < -0.39 is 0 Å². The lowest BCUT2D eigenvalue weighted by molar-refractivity contribution is 0.292. The number of hydrogen-bond acceptors (Lipinski definition) is 3. The van der Waals surface area contributed by atoms with Crippen LogP contribution in [0.3, 0.4) is 0 Å². The zero-order valence-electron chi connectivity index (χ0n) is 7.28. The Bertz CT molecular complexity index is 36.6. The molecule has 0 aromatic heterocycles. The zero-order chi connectivity index (χ0) is 8.24. The molecule has 0 saturated carbocycles. The molecule has 0 saturated heterocycles. The fourth-order valence-corrected chi connectivity index (χ4v) is 0.417. The first-order chi connectivity index (χ1) is 4.91. The summed E-state index contributed by atoms with van der Waals surface area (Å²) in [7, 11) is 1.90. The van der Waals surface area contributed by atoms with Crippen molar-refractivity contribution >= 4 is 0 Å². The van der Waals surface area contributed by atoms with Crippen LogP contribution in [0.15, 0.2) is 0 Å². The van der Waals surface area contributed by atoms with Gasteiger partial charge >= 0.3 is 0 Å². The van der Waals surface area contributed by atoms with Crippen LogP contribution in [-0.2, 0) is 0 Å². The first-order valence-electron chi connectivity index (χ1n) is 3.88. The number of nitrogens with one attached hydrogen (secondary N) is 2. The van der Waals surface area contributed by atoms with E-state index in [-0.39, 0.29) is 6.61 Å². The van der Waals surface area contributed by atoms with E-state index in [0.29, 0.717) is 6.54 Å². The first kappa shape index (κ1) is 12.5. The molecule has 0 heterocycles. The minimum absolute atomic E-state index is 0.226. The number of aliphatic hydroxyl groups is 1. The molecule has 3 nitrogen and oxygen atoms in total. The zero-order valence-corrected chi connectivity index (χ0v) is 7.28. The molecule has 0 atom stereocenters. The molecule has 0 bridgehead atoms. The molecule has 0 aliphatic carbocycles. The van der Waals surface area contributed by atoms with Crippen LogP contribution in [0.2, 0.25) is 0 Å². The first-order valence-corrected chi connectivity index (χ1v) is 3.88. The summed E-state index contributed by atoms with van der Waals surface area (Å²) in [6.07, 6.45) is 0. The van der Waals surface area contributed by atoms with Gasteiger partial charge in [-0.05, 0) is 7.05 Å². The van der Waals surface area contributed by atoms with Crippen LogP contribution in [-0.4, -0.2) is 38.4 Å². The van der Waals surface area contributed by atoms with Gasteiger partial charge in [-0.2, -0.15) is 0 Å². The summed E-state index contributed by atoms with van der Waals surface area (Å²) in [4.78, 5) is 0. The Hall–Kier alpha value is -0.120. The highest BCUT2D eigenvalue weighted by Gasteiger charge is 1.80. The van der Waals surface area contributed by atoms with Crippen LogP contribution in [0.4, 0.5) is 0 Å². The Labute approximate surface area is 63.8 Å². The molecule has 64 valence electrons. The lowest BCUT2D eigenvalue weighted by Gasteiger charge is -1.99. The van der Waals surface area contributed by atoms with Crippen molar-refractivity contribution in [3.8, 4) is 0 Å². The molecule has 0 aromatic rings. The smallest absolute Gasteiger partial charge is 0.0555 e. The summed E-state index contributed by atoms with van der Waals surface area (Å²) >= 11 is 0. The Morgan fingerprint density at radius 2 is 1.70 bits per heavy atom. The standard InChI is InChI=1S/C5H14N2O.C2H6/c1-6-2-3-7-4-5-8;1-2/h6-8H,2-5H2,1H3;1-2H3. The van der Waals surface area contributed by atoms with Crippen LogP contribution in [0.1, 0.15) is 13.8 Å². The average Bonchev–Trinajstić information content (AvgIpc) is 2.02. The second-order valence-electron chi connectivity index (χ2n) is 1.58. The Kier molecular flexibility index (Phi) is 20.0. The van der Waals surface area contributed by atoms with Gasteiger partial charge in [-0.1, -0.05) is 13.8 Å². The fourth-order valence-electron chi connectivity index (χ4n) is 0.417. The van der Waals surface area contributed by atoms with Crippen LogP contribution < -0.4 is 10.6 Å². The molecule has 0 aliphatic heterocycles. The van der Waals surface area contributed by atoms with Crippen molar-refractivity contribution in [3.63, 3.8) is 0 Å². The monoisotopic (exact) mass is 148 g/mol. The topological polar surface area (TPSA) is 44.3 Å². The van der Waals surface area contributed by atoms with Crippen molar-refractivity contribution < 1.29 is 5.11 Å². The van der Waals surface area contributed by atoms with Gasteiger partial charge in [0.1, 0.15) is 0 Å². The van der Waals surface area contributed by atoms with E-state index in [2.05, 4.69) is 10.6 Å². The second-order valence-corrected chi connectivity index (χ2v) is 1.58. The molecule has 10 heavy (non-hydrogen) atoms. The third-order valence-corrected chi connectivity index (χ3v) is 0.840. The Morgan fingerprint density at radius 1 is 1.10 bits per heavy atom. The van der Waals surface area contributed by atoms with E-state index in [1.807, 2.05) is 20.9 Å². The van der Waals surface area contributed by atoms with Gasteiger partial charge in [-0.15, -0.1) is 0 Å². The van der Waals surface area contributed by atoms with Crippen LogP contribution >= 0.6 is 0 Å². The predicted octanol–water partition coefficient (Wildman–Crippen LogP) is -0.186. The molecule has 0 aromatic carbocycles. The molecule has 0 unspecified atom stereocenters. The number of likely N-dealkylation sites (N-methyl/N-ethyl adjacent to an activating group) is 1. The van der Waals surface area contributed by atoms with E-state index in [1.165, 1.54) is 0 Å². The molecule has 0 aliphatic rings. The largest absolute Gasteiger partial charge is 0.395 e. The van der Waals surface area contributed by atoms with Crippen LogP contribution in [0.25, 0.3) is 0 Å². The van der Waals surface area contributed by atoms with Crippen LogP contribution in [0, 0.1) is 0 Å². The quantitative estimate of drug-likeness (QED) is 0.474. The van der Waals surface area contributed by atoms with Gasteiger partial charge in [0.2, 0.25) is 0 Å². The number of rotatable bonds is 5. The van der Waals surface area contributed by atoms with Gasteiger partial charge in [0.25, 0.3) is 0 Å². The van der Waals surface area contributed by atoms with Gasteiger partial charge < -0.3 is 15.7 Å². The maximum Gasteiger partial charge on any atom is 0.0555 e. The van der Waals surface area contributed by atoms with Crippen molar-refractivity contribution in [1.82, 2.24) is 10.6 Å². The van der Waals surface area contributed by atoms with Crippen molar-refractivity contribution in [3.05, 3.63) is 0 Å². The van der Waals surface area contributed by atoms with E-state index in [4.69, 9.17) is 5.11 Å². The molecule has 0 rings (SSSR count). The molecule has 3 heteroatoms. The van der Waals surface area contributed by atoms with Crippen LogP contribution in [0.5, 0.6) is 0 Å². The van der Waals surface area contributed by atoms with Gasteiger partial charge in [0.05, 0.1) is 6.61 Å². The van der Waals surface area contributed by atoms with Gasteiger partial charge in [0, 0.05) is 19.6 Å². The van der Waals surface area contributed by atoms with E-state index in [1.54, 1.807) is 0 Å². The Balaban J connectivity index is 0. The van der Waals surface area contributed by atoms with E-state index in [9.17, 15) is 0 Å². The molecule has 3 N–H and O–H groups in total. The minimum atomic E-state index is 0.226. The maximum atomic E-state index is 8.28. The number of aliphatic hydroxyl groups excluding tert-OH is 1. The third-order valence-electron chi connectivity index (χ3n) is 0.840. The molecular weight excluding hydrogens is 128 g/mol. The lowest BCUT2D eigenvalue weighted by atomic mass is 10.6. The van der Waals surface area contributed by atoms with Gasteiger partial charge in [0.15, 0.2) is 0 Å². The minimum Gasteiger partial charge on any atom is -0.395 e. The summed E-state index contributed by atoms with van der Waals surface area (Å²) in [5.74, 6) is 0. The van der Waals surface area contributed by atoms with E-state index in [0.717, 1.165) is 13.1 Å². The predicted molar refractivity (Wildman–Crippen MR) is 45.2 cm³/mol. The Morgan fingerprint density at radius 3 is 2.10 bits per heavy atom. The summed E-state index contributed by atoms with van der Waals surface area (Å²) < 4.78 is 0. The van der Waals surface area contributed by atoms with Crippen molar-refractivity contribution in [2.45, 2.75) is 13.8 Å². The fraction of sp³-hybridized carbons (Fsp3) is 1.00. The molecule has 0 spiro atoms. The second kappa shape index (κ2) is 15.9. The third kappa shape index (κ3) is 15.7. The highest BCUT2D eigenvalue weighted by Crippen LogP contribution is 1.54. The van der Waals surface area contributed by atoms with E-state index >= 15 is 0 Å². The summed E-state index contributed by atoms with van der Waals surface area (Å²) in [5, 5.41) is 14.3. The highest BCUT2D eigenvalue weighted by molar-refractivity contribution is 4.45. The maximum absolute atomic E-state index is 8.28. The summed E-state index contributed by atoms with van der Waals surface area (Å²) in [6.45, 7) is 6.81. The molecule has 0 amide bonds. The normalized spacial score (nSPS) is 8.40. The lowest BCUT2D eigenvalue weighted by Crippen LogP contribution is -2.26. The van der Waals surface area contributed by atoms with Gasteiger partial charge in [-0.25, -0.2) is 0 Å². The summed E-state index contributed by atoms with van der Waals surface area (Å²) in [6, 6.07) is 0. The molecule has 0 radical (unpaired) electrons. The SMILES string of the molecule is CC.CNCCNCCO. The van der Waals surface area contributed by atoms with Gasteiger partial charge in [-0.3, -0.25) is 0 Å². The molecular formula is C7H20N2O. The van der Waals surface area contributed by atoms with Crippen molar-refractivity contribution in [1.29, 1.82) is 0 Å². The average molecular weight is 148 g/mol. The summed E-state index contributed by atoms with van der Waals surface area (Å²) in [5.41, 5.74) is 0. The van der Waals surface area contributed by atoms with Crippen molar-refractivity contribution in [2.75, 3.05) is 33.3 Å².